The van der Waals surface area contributed by atoms with E-state index in [-0.39, 0.29) is 36.5 Å². The van der Waals surface area contributed by atoms with Crippen LogP contribution in [0.5, 0.6) is 0 Å². The fourth-order valence-corrected chi connectivity index (χ4v) is 2.80. The zero-order valence-corrected chi connectivity index (χ0v) is 15.2. The maximum atomic E-state index is 13.1. The van der Waals surface area contributed by atoms with Crippen molar-refractivity contribution in [2.45, 2.75) is 26.2 Å². The lowest BCUT2D eigenvalue weighted by Crippen LogP contribution is -2.39. The lowest BCUT2D eigenvalue weighted by molar-refractivity contribution is -0.125. The molecule has 26 heavy (non-hydrogen) atoms. The predicted octanol–water partition coefficient (Wildman–Crippen LogP) is 3.04. The molecule has 2 N–H and O–H groups in total. The average Bonchev–Trinajstić information content (AvgIpc) is 2.61. The van der Waals surface area contributed by atoms with E-state index in [4.69, 9.17) is 0 Å². The summed E-state index contributed by atoms with van der Waals surface area (Å²) in [6.07, 6.45) is 0.0453. The minimum atomic E-state index is -0.381. The van der Waals surface area contributed by atoms with Crippen molar-refractivity contribution in [1.29, 1.82) is 0 Å². The molecule has 0 radical (unpaired) electrons. The molecule has 138 valence electrons. The lowest BCUT2D eigenvalue weighted by atomic mass is 9.88. The summed E-state index contributed by atoms with van der Waals surface area (Å²) in [5.41, 5.74) is 1.75. The van der Waals surface area contributed by atoms with E-state index < -0.39 is 0 Å². The van der Waals surface area contributed by atoms with Gasteiger partial charge in [0.15, 0.2) is 0 Å². The SMILES string of the molecule is CC(C)C(CNC(=O)CNC(=O)Cc1cccc(F)c1)c1ccccc1. The van der Waals surface area contributed by atoms with Crippen molar-refractivity contribution in [3.63, 3.8) is 0 Å². The van der Waals surface area contributed by atoms with Crippen molar-refractivity contribution in [3.05, 3.63) is 71.5 Å². The lowest BCUT2D eigenvalue weighted by Gasteiger charge is -2.22. The first kappa shape index (κ1) is 19.6. The third-order valence-corrected chi connectivity index (χ3v) is 4.25. The smallest absolute Gasteiger partial charge is 0.239 e. The Morgan fingerprint density at radius 3 is 2.35 bits per heavy atom. The summed E-state index contributed by atoms with van der Waals surface area (Å²) in [7, 11) is 0. The van der Waals surface area contributed by atoms with Gasteiger partial charge in [0, 0.05) is 12.5 Å². The van der Waals surface area contributed by atoms with Gasteiger partial charge in [-0.25, -0.2) is 4.39 Å². The molecule has 0 saturated heterocycles. The van der Waals surface area contributed by atoms with Gasteiger partial charge < -0.3 is 10.6 Å². The molecule has 2 aromatic carbocycles. The Morgan fingerprint density at radius 2 is 1.69 bits per heavy atom. The first-order valence-electron chi connectivity index (χ1n) is 8.78. The molecule has 0 heterocycles. The highest BCUT2D eigenvalue weighted by molar-refractivity contribution is 5.85. The van der Waals surface area contributed by atoms with Gasteiger partial charge in [-0.1, -0.05) is 56.3 Å². The molecule has 0 aliphatic rings. The second kappa shape index (κ2) is 9.70. The second-order valence-corrected chi connectivity index (χ2v) is 6.65. The maximum Gasteiger partial charge on any atom is 0.239 e. The van der Waals surface area contributed by atoms with Gasteiger partial charge in [-0.3, -0.25) is 9.59 Å². The van der Waals surface area contributed by atoms with E-state index in [9.17, 15) is 14.0 Å². The van der Waals surface area contributed by atoms with Gasteiger partial charge in [0.25, 0.3) is 0 Å². The number of hydrogen-bond donors (Lipinski definition) is 2. The monoisotopic (exact) mass is 356 g/mol. The number of benzene rings is 2. The van der Waals surface area contributed by atoms with E-state index in [0.29, 0.717) is 18.0 Å². The van der Waals surface area contributed by atoms with Crippen molar-refractivity contribution in [2.75, 3.05) is 13.1 Å². The Bertz CT molecular complexity index is 732. The largest absolute Gasteiger partial charge is 0.354 e. The summed E-state index contributed by atoms with van der Waals surface area (Å²) >= 11 is 0. The number of carbonyl (C=O) groups excluding carboxylic acids is 2. The minimum absolute atomic E-state index is 0.0453. The number of rotatable bonds is 8. The van der Waals surface area contributed by atoms with E-state index in [2.05, 4.69) is 36.6 Å². The Morgan fingerprint density at radius 1 is 0.962 bits per heavy atom. The number of hydrogen-bond acceptors (Lipinski definition) is 2. The Kier molecular flexibility index (Phi) is 7.33. The average molecular weight is 356 g/mol. The van der Waals surface area contributed by atoms with Crippen LogP contribution in [0.25, 0.3) is 0 Å². The van der Waals surface area contributed by atoms with Gasteiger partial charge in [0.1, 0.15) is 5.82 Å². The summed E-state index contributed by atoms with van der Waals surface area (Å²) in [6, 6.07) is 15.9. The second-order valence-electron chi connectivity index (χ2n) is 6.65. The van der Waals surface area contributed by atoms with Crippen molar-refractivity contribution < 1.29 is 14.0 Å². The molecule has 1 unspecified atom stereocenters. The highest BCUT2D eigenvalue weighted by Crippen LogP contribution is 2.23. The van der Waals surface area contributed by atoms with Crippen LogP contribution < -0.4 is 10.6 Å². The highest BCUT2D eigenvalue weighted by atomic mass is 19.1. The summed E-state index contributed by atoms with van der Waals surface area (Å²) < 4.78 is 13.1. The molecule has 0 spiro atoms. The normalized spacial score (nSPS) is 11.8. The number of amides is 2. The third-order valence-electron chi connectivity index (χ3n) is 4.25. The van der Waals surface area contributed by atoms with Crippen LogP contribution >= 0.6 is 0 Å². The molecule has 0 aliphatic heterocycles. The topological polar surface area (TPSA) is 58.2 Å². The molecule has 2 aromatic rings. The van der Waals surface area contributed by atoms with E-state index in [1.54, 1.807) is 12.1 Å². The fraction of sp³-hybridized carbons (Fsp3) is 0.333. The molecule has 2 rings (SSSR count). The van der Waals surface area contributed by atoms with Gasteiger partial charge >= 0.3 is 0 Å². The summed E-state index contributed by atoms with van der Waals surface area (Å²) in [5, 5.41) is 5.45. The van der Waals surface area contributed by atoms with Crippen LogP contribution in [-0.4, -0.2) is 24.9 Å². The van der Waals surface area contributed by atoms with Gasteiger partial charge in [-0.15, -0.1) is 0 Å². The molecule has 1 atom stereocenters. The zero-order valence-electron chi connectivity index (χ0n) is 15.2. The molecule has 5 heteroatoms. The van der Waals surface area contributed by atoms with Crippen molar-refractivity contribution >= 4 is 11.8 Å². The van der Waals surface area contributed by atoms with Crippen LogP contribution in [0.15, 0.2) is 54.6 Å². The molecule has 0 aliphatic carbocycles. The third kappa shape index (κ3) is 6.31. The Labute approximate surface area is 153 Å². The number of nitrogens with one attached hydrogen (secondary N) is 2. The molecule has 0 bridgehead atoms. The Balaban J connectivity index is 1.78. The number of halogens is 1. The van der Waals surface area contributed by atoms with Crippen LogP contribution in [0.4, 0.5) is 4.39 Å². The summed E-state index contributed by atoms with van der Waals surface area (Å²) in [5.74, 6) is -0.342. The minimum Gasteiger partial charge on any atom is -0.354 e. The van der Waals surface area contributed by atoms with Gasteiger partial charge in [-0.05, 0) is 29.2 Å². The molecular weight excluding hydrogens is 331 g/mol. The highest BCUT2D eigenvalue weighted by Gasteiger charge is 2.16. The first-order valence-corrected chi connectivity index (χ1v) is 8.78. The maximum absolute atomic E-state index is 13.1. The zero-order chi connectivity index (χ0) is 18.9. The van der Waals surface area contributed by atoms with E-state index in [1.165, 1.54) is 17.7 Å². The van der Waals surface area contributed by atoms with Crippen LogP contribution in [0.1, 0.15) is 30.9 Å². The Hall–Kier alpha value is -2.69. The fourth-order valence-electron chi connectivity index (χ4n) is 2.80. The molecule has 0 fully saturated rings. The predicted molar refractivity (Wildman–Crippen MR) is 100 cm³/mol. The van der Waals surface area contributed by atoms with E-state index in [0.717, 1.165) is 0 Å². The standard InChI is InChI=1S/C21H25FN2O2/c1-15(2)19(17-8-4-3-5-9-17)13-23-21(26)14-24-20(25)12-16-7-6-10-18(22)11-16/h3-11,15,19H,12-14H2,1-2H3,(H,23,26)(H,24,25). The van der Waals surface area contributed by atoms with E-state index >= 15 is 0 Å². The quantitative estimate of drug-likeness (QED) is 0.764. The van der Waals surface area contributed by atoms with Gasteiger partial charge in [0.05, 0.1) is 13.0 Å². The molecule has 0 saturated carbocycles. The van der Waals surface area contributed by atoms with Crippen molar-refractivity contribution in [2.24, 2.45) is 5.92 Å². The van der Waals surface area contributed by atoms with Crippen LogP contribution in [0.2, 0.25) is 0 Å². The van der Waals surface area contributed by atoms with Crippen molar-refractivity contribution in [1.82, 2.24) is 10.6 Å². The van der Waals surface area contributed by atoms with E-state index in [1.807, 2.05) is 18.2 Å². The number of carbonyl (C=O) groups is 2. The summed E-state index contributed by atoms with van der Waals surface area (Å²) in [4.78, 5) is 23.9. The van der Waals surface area contributed by atoms with Gasteiger partial charge in [-0.2, -0.15) is 0 Å². The summed E-state index contributed by atoms with van der Waals surface area (Å²) in [6.45, 7) is 4.66. The molecular formula is C21H25FN2O2. The van der Waals surface area contributed by atoms with Gasteiger partial charge in [0.2, 0.25) is 11.8 Å². The first-order chi connectivity index (χ1) is 12.5. The van der Waals surface area contributed by atoms with Crippen LogP contribution in [-0.2, 0) is 16.0 Å². The van der Waals surface area contributed by atoms with Crippen molar-refractivity contribution in [3.8, 4) is 0 Å². The molecule has 2 amide bonds. The van der Waals surface area contributed by atoms with Crippen LogP contribution in [0, 0.1) is 11.7 Å². The van der Waals surface area contributed by atoms with Crippen LogP contribution in [0.3, 0.4) is 0 Å². The molecule has 0 aromatic heterocycles. The molecule has 4 nitrogen and oxygen atoms in total.